The van der Waals surface area contributed by atoms with Gasteiger partial charge >= 0.3 is 0 Å². The molecule has 41 heavy (non-hydrogen) atoms. The summed E-state index contributed by atoms with van der Waals surface area (Å²) >= 11 is 6.58. The molecule has 0 radical (unpaired) electrons. The number of aryl methyl sites for hydroxylation is 2. The number of likely N-dealkylation sites (tertiary alicyclic amines) is 1. The van der Waals surface area contributed by atoms with Crippen molar-refractivity contribution in [1.82, 2.24) is 34.4 Å². The lowest BCUT2D eigenvalue weighted by molar-refractivity contribution is -0.0364. The van der Waals surface area contributed by atoms with Crippen LogP contribution in [0, 0.1) is 6.92 Å². The first-order valence-electron chi connectivity index (χ1n) is 13.5. The number of fused-ring (bicyclic) bond motifs is 1. The highest BCUT2D eigenvalue weighted by Gasteiger charge is 2.33. The fraction of sp³-hybridized carbons (Fsp3) is 0.345. The molecule has 3 N–H and O–H groups in total. The normalized spacial score (nSPS) is 15.5. The summed E-state index contributed by atoms with van der Waals surface area (Å²) in [6, 6.07) is 13.6. The van der Waals surface area contributed by atoms with Gasteiger partial charge in [0.25, 0.3) is 5.56 Å². The van der Waals surface area contributed by atoms with Gasteiger partial charge < -0.3 is 15.4 Å². The summed E-state index contributed by atoms with van der Waals surface area (Å²) in [6.45, 7) is 4.33. The van der Waals surface area contributed by atoms with E-state index in [4.69, 9.17) is 21.9 Å². The largest absolute Gasteiger partial charge is 0.388 e. The number of rotatable bonds is 7. The maximum atomic E-state index is 13.4. The van der Waals surface area contributed by atoms with E-state index in [1.807, 2.05) is 42.5 Å². The number of nitrogens with zero attached hydrogens (tertiary/aromatic N) is 7. The van der Waals surface area contributed by atoms with E-state index < -0.39 is 5.60 Å². The van der Waals surface area contributed by atoms with Gasteiger partial charge in [0.05, 0.1) is 24.2 Å². The molecular weight excluding hydrogens is 544 g/mol. The third-order valence-corrected chi connectivity index (χ3v) is 8.11. The molecule has 0 amide bonds. The molecule has 2 aromatic carbocycles. The lowest BCUT2D eigenvalue weighted by Gasteiger charge is -2.38. The van der Waals surface area contributed by atoms with E-state index in [1.165, 1.54) is 10.9 Å². The van der Waals surface area contributed by atoms with Crippen LogP contribution in [0.25, 0.3) is 33.7 Å². The van der Waals surface area contributed by atoms with Gasteiger partial charge in [0, 0.05) is 56.3 Å². The zero-order valence-electron chi connectivity index (χ0n) is 22.9. The molecule has 0 unspecified atom stereocenters. The topological polar surface area (TPSA) is 141 Å². The van der Waals surface area contributed by atoms with E-state index in [-0.39, 0.29) is 17.6 Å². The first-order chi connectivity index (χ1) is 19.7. The number of nitrogens with two attached hydrogens (primary N) is 1. The number of aliphatic hydroxyl groups is 1. The fourth-order valence-corrected chi connectivity index (χ4v) is 5.64. The molecule has 11 nitrogen and oxygen atoms in total. The molecule has 1 saturated heterocycles. The van der Waals surface area contributed by atoms with Crippen molar-refractivity contribution in [2.45, 2.75) is 45.0 Å². The lowest BCUT2D eigenvalue weighted by Crippen LogP contribution is -2.47. The second kappa shape index (κ2) is 10.8. The summed E-state index contributed by atoms with van der Waals surface area (Å²) < 4.78 is 8.21. The molecule has 1 fully saturated rings. The molecule has 0 saturated carbocycles. The van der Waals surface area contributed by atoms with Crippen molar-refractivity contribution in [2.24, 2.45) is 12.8 Å². The highest BCUT2D eigenvalue weighted by atomic mass is 35.5. The number of hydrogen-bond acceptors (Lipinski definition) is 9. The van der Waals surface area contributed by atoms with Crippen molar-refractivity contribution in [3.05, 3.63) is 81.2 Å². The van der Waals surface area contributed by atoms with E-state index in [0.717, 1.165) is 27.9 Å². The van der Waals surface area contributed by atoms with Crippen LogP contribution in [-0.2, 0) is 26.7 Å². The maximum Gasteiger partial charge on any atom is 0.281 e. The van der Waals surface area contributed by atoms with Gasteiger partial charge in [-0.2, -0.15) is 10.1 Å². The molecule has 6 rings (SSSR count). The van der Waals surface area contributed by atoms with Crippen LogP contribution in [0.15, 0.2) is 58.1 Å². The van der Waals surface area contributed by atoms with E-state index in [2.05, 4.69) is 25.1 Å². The van der Waals surface area contributed by atoms with Crippen LogP contribution >= 0.6 is 11.6 Å². The highest BCUT2D eigenvalue weighted by molar-refractivity contribution is 6.31. The Morgan fingerprint density at radius 3 is 2.49 bits per heavy atom. The minimum Gasteiger partial charge on any atom is -0.388 e. The van der Waals surface area contributed by atoms with Gasteiger partial charge in [-0.3, -0.25) is 18.9 Å². The average molecular weight is 575 g/mol. The van der Waals surface area contributed by atoms with E-state index in [1.54, 1.807) is 18.7 Å². The number of halogens is 1. The second-order valence-electron chi connectivity index (χ2n) is 10.7. The summed E-state index contributed by atoms with van der Waals surface area (Å²) in [5, 5.41) is 20.5. The Balaban J connectivity index is 1.14. The zero-order valence-corrected chi connectivity index (χ0v) is 23.7. The van der Waals surface area contributed by atoms with Crippen molar-refractivity contribution < 1.29 is 9.63 Å². The van der Waals surface area contributed by atoms with E-state index >= 15 is 0 Å². The van der Waals surface area contributed by atoms with Gasteiger partial charge in [-0.05, 0) is 30.0 Å². The van der Waals surface area contributed by atoms with Gasteiger partial charge in [0.2, 0.25) is 11.7 Å². The van der Waals surface area contributed by atoms with Gasteiger partial charge in [-0.1, -0.05) is 53.2 Å². The third-order valence-electron chi connectivity index (χ3n) is 7.76. The predicted molar refractivity (Wildman–Crippen MR) is 155 cm³/mol. The van der Waals surface area contributed by atoms with Crippen LogP contribution in [0.1, 0.15) is 29.9 Å². The Bertz CT molecular complexity index is 1770. The van der Waals surface area contributed by atoms with Gasteiger partial charge in [-0.15, -0.1) is 0 Å². The summed E-state index contributed by atoms with van der Waals surface area (Å²) in [5.41, 5.74) is 9.71. The summed E-state index contributed by atoms with van der Waals surface area (Å²) in [6.07, 6.45) is 2.54. The molecule has 3 aromatic heterocycles. The number of hydrogen-bond donors (Lipinski definition) is 2. The first-order valence-corrected chi connectivity index (χ1v) is 13.9. The van der Waals surface area contributed by atoms with Gasteiger partial charge in [0.15, 0.2) is 5.52 Å². The Kier molecular flexibility index (Phi) is 7.20. The van der Waals surface area contributed by atoms with Crippen molar-refractivity contribution in [2.75, 3.05) is 13.1 Å². The fourth-order valence-electron chi connectivity index (χ4n) is 5.40. The Labute approximate surface area is 241 Å². The third kappa shape index (κ3) is 5.41. The molecule has 12 heteroatoms. The van der Waals surface area contributed by atoms with Gasteiger partial charge in [-0.25, -0.2) is 4.98 Å². The number of piperidine rings is 1. The van der Waals surface area contributed by atoms with Crippen molar-refractivity contribution in [1.29, 1.82) is 0 Å². The standard InChI is InChI=1S/C29H31ClN8O3/c1-18-33-27(35-41-18)21-7-8-22(23(30)13-21)15-37-11-9-29(40,10-12-37)16-38-17-32-24-25(28(38)39)34-36(2)26(24)20-5-3-19(14-31)4-6-20/h3-8,13,17,40H,9-12,14-16,31H2,1-2H3. The molecular formula is C29H31ClN8O3. The zero-order chi connectivity index (χ0) is 28.7. The molecule has 0 bridgehead atoms. The first kappa shape index (κ1) is 27.3. The predicted octanol–water partition coefficient (Wildman–Crippen LogP) is 3.29. The van der Waals surface area contributed by atoms with Crippen LogP contribution < -0.4 is 11.3 Å². The molecule has 1 aliphatic heterocycles. The van der Waals surface area contributed by atoms with Crippen molar-refractivity contribution in [3.63, 3.8) is 0 Å². The number of aromatic nitrogens is 6. The maximum absolute atomic E-state index is 13.4. The molecule has 0 spiro atoms. The smallest absolute Gasteiger partial charge is 0.281 e. The van der Waals surface area contributed by atoms with Gasteiger partial charge in [0.1, 0.15) is 5.52 Å². The average Bonchev–Trinajstić information content (AvgIpc) is 3.55. The monoisotopic (exact) mass is 574 g/mol. The second-order valence-corrected chi connectivity index (χ2v) is 11.1. The highest BCUT2D eigenvalue weighted by Crippen LogP contribution is 2.29. The Hall–Kier alpha value is -3.90. The summed E-state index contributed by atoms with van der Waals surface area (Å²) in [4.78, 5) is 24.5. The lowest BCUT2D eigenvalue weighted by atomic mass is 9.91. The van der Waals surface area contributed by atoms with Crippen LogP contribution in [0.4, 0.5) is 0 Å². The van der Waals surface area contributed by atoms with Crippen LogP contribution in [0.2, 0.25) is 5.02 Å². The Morgan fingerprint density at radius 1 is 1.10 bits per heavy atom. The summed E-state index contributed by atoms with van der Waals surface area (Å²) in [7, 11) is 1.80. The van der Waals surface area contributed by atoms with Crippen LogP contribution in [0.5, 0.6) is 0 Å². The molecule has 0 aliphatic carbocycles. The SMILES string of the molecule is Cc1nc(-c2ccc(CN3CCC(O)(Cn4cnc5c(-c6ccc(CN)cc6)n(C)nc5c4=O)CC3)c(Cl)c2)no1. The van der Waals surface area contributed by atoms with E-state index in [9.17, 15) is 9.90 Å². The quantitative estimate of drug-likeness (QED) is 0.299. The molecule has 0 atom stereocenters. The Morgan fingerprint density at radius 2 is 1.83 bits per heavy atom. The minimum atomic E-state index is -1.03. The van der Waals surface area contributed by atoms with E-state index in [0.29, 0.717) is 61.3 Å². The minimum absolute atomic E-state index is 0.152. The van der Waals surface area contributed by atoms with Crippen LogP contribution in [-0.4, -0.2) is 58.2 Å². The molecule has 5 aromatic rings. The van der Waals surface area contributed by atoms with Crippen LogP contribution in [0.3, 0.4) is 0 Å². The molecule has 1 aliphatic rings. The molecule has 4 heterocycles. The number of benzene rings is 2. The summed E-state index contributed by atoms with van der Waals surface area (Å²) in [5.74, 6) is 1.00. The van der Waals surface area contributed by atoms with Crippen molar-refractivity contribution >= 4 is 22.6 Å². The van der Waals surface area contributed by atoms with Crippen molar-refractivity contribution in [3.8, 4) is 22.6 Å². The molecule has 212 valence electrons.